The van der Waals surface area contributed by atoms with Crippen molar-refractivity contribution in [2.24, 2.45) is 5.92 Å². The largest absolute Gasteiger partial charge is 0.383 e. The zero-order chi connectivity index (χ0) is 12.7. The van der Waals surface area contributed by atoms with Crippen LogP contribution in [0.5, 0.6) is 0 Å². The van der Waals surface area contributed by atoms with Gasteiger partial charge < -0.3 is 10.1 Å². The monoisotopic (exact) mass is 240 g/mol. The van der Waals surface area contributed by atoms with Crippen LogP contribution in [0.25, 0.3) is 0 Å². The highest BCUT2D eigenvalue weighted by Gasteiger charge is 2.34. The molecule has 0 amide bonds. The molecule has 0 heterocycles. The van der Waals surface area contributed by atoms with Crippen LogP contribution in [0, 0.1) is 5.92 Å². The van der Waals surface area contributed by atoms with E-state index in [0.29, 0.717) is 6.04 Å². The Hall–Kier alpha value is -0.380. The van der Waals surface area contributed by atoms with E-state index in [1.54, 1.807) is 7.11 Å². The first-order chi connectivity index (χ1) is 8.19. The molecule has 0 saturated heterocycles. The molecular weight excluding hydrogens is 212 g/mol. The molecule has 1 N–H and O–H groups in total. The highest BCUT2D eigenvalue weighted by Crippen LogP contribution is 2.31. The molecule has 0 bridgehead atoms. The van der Waals surface area contributed by atoms with Gasteiger partial charge >= 0.3 is 0 Å². The van der Waals surface area contributed by atoms with E-state index in [-0.39, 0.29) is 0 Å². The Kier molecular flexibility index (Phi) is 6.78. The molecule has 2 atom stereocenters. The second kappa shape index (κ2) is 7.85. The van der Waals surface area contributed by atoms with Crippen molar-refractivity contribution in [3.63, 3.8) is 0 Å². The van der Waals surface area contributed by atoms with Crippen LogP contribution in [0.15, 0.2) is 12.7 Å². The molecule has 2 unspecified atom stereocenters. The van der Waals surface area contributed by atoms with Crippen molar-refractivity contribution in [3.8, 4) is 0 Å². The van der Waals surface area contributed by atoms with Gasteiger partial charge in [-0.05, 0) is 25.3 Å². The van der Waals surface area contributed by atoms with E-state index in [0.717, 1.165) is 38.2 Å². The minimum Gasteiger partial charge on any atom is -0.383 e. The van der Waals surface area contributed by atoms with E-state index in [2.05, 4.69) is 30.6 Å². The van der Waals surface area contributed by atoms with E-state index < -0.39 is 0 Å². The molecule has 17 heavy (non-hydrogen) atoms. The lowest BCUT2D eigenvalue weighted by atomic mass is 9.78. The third kappa shape index (κ3) is 4.78. The molecule has 1 fully saturated rings. The summed E-state index contributed by atoms with van der Waals surface area (Å²) in [5, 5.41) is 3.55. The van der Waals surface area contributed by atoms with Crippen molar-refractivity contribution in [1.29, 1.82) is 0 Å². The van der Waals surface area contributed by atoms with Crippen molar-refractivity contribution >= 4 is 0 Å². The molecule has 0 aromatic carbocycles. The molecule has 0 radical (unpaired) electrons. The Balaban J connectivity index is 2.36. The molecule has 0 aromatic rings. The fraction of sp³-hybridized carbons (Fsp3) is 0.857. The molecule has 3 heteroatoms. The Morgan fingerprint density at radius 3 is 2.71 bits per heavy atom. The summed E-state index contributed by atoms with van der Waals surface area (Å²) in [5.41, 5.74) is 0. The molecule has 0 spiro atoms. The van der Waals surface area contributed by atoms with Crippen LogP contribution >= 0.6 is 0 Å². The van der Waals surface area contributed by atoms with Crippen LogP contribution in [0.1, 0.15) is 26.7 Å². The fourth-order valence-corrected chi connectivity index (χ4v) is 2.42. The summed E-state index contributed by atoms with van der Waals surface area (Å²) in [6, 6.07) is 1.30. The number of nitrogens with one attached hydrogen (secondary N) is 1. The minimum atomic E-state index is 0.586. The number of hydrogen-bond acceptors (Lipinski definition) is 3. The topological polar surface area (TPSA) is 24.5 Å². The van der Waals surface area contributed by atoms with Crippen LogP contribution in [0.3, 0.4) is 0 Å². The van der Waals surface area contributed by atoms with Gasteiger partial charge in [0.2, 0.25) is 0 Å². The maximum absolute atomic E-state index is 5.18. The van der Waals surface area contributed by atoms with Gasteiger partial charge in [-0.1, -0.05) is 19.9 Å². The molecule has 1 rings (SSSR count). The Morgan fingerprint density at radius 1 is 1.47 bits per heavy atom. The van der Waals surface area contributed by atoms with Crippen LogP contribution in [-0.4, -0.2) is 50.3 Å². The highest BCUT2D eigenvalue weighted by molar-refractivity contribution is 4.92. The summed E-state index contributed by atoms with van der Waals surface area (Å²) in [7, 11) is 1.77. The zero-order valence-electron chi connectivity index (χ0n) is 11.6. The normalized spacial score (nSPS) is 24.1. The third-order valence-corrected chi connectivity index (χ3v) is 3.58. The van der Waals surface area contributed by atoms with Gasteiger partial charge in [0.15, 0.2) is 0 Å². The molecule has 3 nitrogen and oxygen atoms in total. The van der Waals surface area contributed by atoms with Crippen molar-refractivity contribution in [2.45, 2.75) is 38.8 Å². The van der Waals surface area contributed by atoms with Crippen LogP contribution in [0.4, 0.5) is 0 Å². The first-order valence-corrected chi connectivity index (χ1v) is 6.76. The summed E-state index contributed by atoms with van der Waals surface area (Å²) in [5.74, 6) is 0.800. The lowest BCUT2D eigenvalue weighted by Crippen LogP contribution is -2.52. The van der Waals surface area contributed by atoms with Crippen molar-refractivity contribution in [3.05, 3.63) is 12.7 Å². The van der Waals surface area contributed by atoms with Crippen molar-refractivity contribution in [2.75, 3.05) is 33.4 Å². The third-order valence-electron chi connectivity index (χ3n) is 3.58. The summed E-state index contributed by atoms with van der Waals surface area (Å²) in [4.78, 5) is 2.51. The smallest absolute Gasteiger partial charge is 0.0589 e. The molecular formula is C14H28N2O. The van der Waals surface area contributed by atoms with Gasteiger partial charge in [0, 0.05) is 32.3 Å². The van der Waals surface area contributed by atoms with Crippen LogP contribution in [0.2, 0.25) is 0 Å². The summed E-state index contributed by atoms with van der Waals surface area (Å²) in [6.45, 7) is 12.2. The van der Waals surface area contributed by atoms with Gasteiger partial charge in [0.25, 0.3) is 0 Å². The molecule has 1 saturated carbocycles. The summed E-state index contributed by atoms with van der Waals surface area (Å²) >= 11 is 0. The van der Waals surface area contributed by atoms with Crippen molar-refractivity contribution in [1.82, 2.24) is 10.2 Å². The maximum atomic E-state index is 5.18. The average Bonchev–Trinajstić information content (AvgIpc) is 2.24. The number of nitrogens with zero attached hydrogens (tertiary/aromatic N) is 1. The average molecular weight is 240 g/mol. The van der Waals surface area contributed by atoms with Gasteiger partial charge in [-0.2, -0.15) is 0 Å². The standard InChI is InChI=1S/C14H28N2O/c1-5-8-16(9-10-17-4)14-7-6-13(14)11-15-12(2)3/h5,12-15H,1,6-11H2,2-4H3. The van der Waals surface area contributed by atoms with Gasteiger partial charge in [-0.25, -0.2) is 0 Å². The fourth-order valence-electron chi connectivity index (χ4n) is 2.42. The highest BCUT2D eigenvalue weighted by atomic mass is 16.5. The molecule has 100 valence electrons. The lowest BCUT2D eigenvalue weighted by molar-refractivity contribution is 0.0477. The molecule has 1 aliphatic carbocycles. The van der Waals surface area contributed by atoms with Gasteiger partial charge in [-0.15, -0.1) is 6.58 Å². The van der Waals surface area contributed by atoms with E-state index in [9.17, 15) is 0 Å². The number of rotatable bonds is 9. The molecule has 0 aliphatic heterocycles. The predicted molar refractivity (Wildman–Crippen MR) is 73.3 cm³/mol. The Labute approximate surface area is 106 Å². The lowest BCUT2D eigenvalue weighted by Gasteiger charge is -2.44. The molecule has 0 aromatic heterocycles. The first kappa shape index (κ1) is 14.7. The van der Waals surface area contributed by atoms with Crippen molar-refractivity contribution < 1.29 is 4.74 Å². The van der Waals surface area contributed by atoms with E-state index in [1.807, 2.05) is 6.08 Å². The van der Waals surface area contributed by atoms with Gasteiger partial charge in [0.05, 0.1) is 6.61 Å². The van der Waals surface area contributed by atoms with E-state index >= 15 is 0 Å². The first-order valence-electron chi connectivity index (χ1n) is 6.76. The predicted octanol–water partition coefficient (Wildman–Crippen LogP) is 1.90. The number of hydrogen-bond donors (Lipinski definition) is 1. The van der Waals surface area contributed by atoms with E-state index in [1.165, 1.54) is 12.8 Å². The van der Waals surface area contributed by atoms with E-state index in [4.69, 9.17) is 4.74 Å². The minimum absolute atomic E-state index is 0.586. The summed E-state index contributed by atoms with van der Waals surface area (Å²) < 4.78 is 5.18. The maximum Gasteiger partial charge on any atom is 0.0589 e. The van der Waals surface area contributed by atoms with Crippen LogP contribution in [-0.2, 0) is 4.74 Å². The second-order valence-corrected chi connectivity index (χ2v) is 5.24. The Morgan fingerprint density at radius 2 is 2.24 bits per heavy atom. The quantitative estimate of drug-likeness (QED) is 0.623. The van der Waals surface area contributed by atoms with Gasteiger partial charge in [-0.3, -0.25) is 4.90 Å². The number of methoxy groups -OCH3 is 1. The SMILES string of the molecule is C=CCN(CCOC)C1CCC1CNC(C)C. The second-order valence-electron chi connectivity index (χ2n) is 5.24. The number of ether oxygens (including phenoxy) is 1. The van der Waals surface area contributed by atoms with Gasteiger partial charge in [0.1, 0.15) is 0 Å². The van der Waals surface area contributed by atoms with Crippen LogP contribution < -0.4 is 5.32 Å². The summed E-state index contributed by atoms with van der Waals surface area (Å²) in [6.07, 6.45) is 4.67. The zero-order valence-corrected chi connectivity index (χ0v) is 11.6. The molecule has 1 aliphatic rings. The Bertz CT molecular complexity index is 218.